The van der Waals surface area contributed by atoms with Gasteiger partial charge >= 0.3 is 0 Å². The fraction of sp³-hybridized carbons (Fsp3) is 0.483. The van der Waals surface area contributed by atoms with E-state index < -0.39 is 0 Å². The van der Waals surface area contributed by atoms with Crippen LogP contribution < -0.4 is 4.90 Å². The van der Waals surface area contributed by atoms with E-state index in [-0.39, 0.29) is 0 Å². The molecule has 4 heterocycles. The normalized spacial score (nSPS) is 19.7. The average molecular weight is 469 g/mol. The summed E-state index contributed by atoms with van der Waals surface area (Å²) >= 11 is 0. The summed E-state index contributed by atoms with van der Waals surface area (Å²) in [5.74, 6) is 0. The Morgan fingerprint density at radius 3 is 2.60 bits per heavy atom. The van der Waals surface area contributed by atoms with Gasteiger partial charge in [-0.2, -0.15) is 0 Å². The van der Waals surface area contributed by atoms with E-state index in [1.165, 1.54) is 61.2 Å². The Bertz CT molecular complexity index is 1220. The van der Waals surface area contributed by atoms with E-state index in [0.717, 1.165) is 43.9 Å². The third kappa shape index (κ3) is 5.03. The van der Waals surface area contributed by atoms with Crippen molar-refractivity contribution in [2.75, 3.05) is 37.6 Å². The maximum absolute atomic E-state index is 4.47. The van der Waals surface area contributed by atoms with Gasteiger partial charge in [0.15, 0.2) is 0 Å². The monoisotopic (exact) mass is 468 g/mol. The van der Waals surface area contributed by atoms with Gasteiger partial charge in [-0.1, -0.05) is 48.9 Å². The van der Waals surface area contributed by atoms with E-state index in [9.17, 15) is 0 Å². The van der Waals surface area contributed by atoms with Crippen molar-refractivity contribution in [1.82, 2.24) is 24.9 Å². The summed E-state index contributed by atoms with van der Waals surface area (Å²) in [6.45, 7) is 11.3. The van der Waals surface area contributed by atoms with Crippen molar-refractivity contribution in [3.05, 3.63) is 65.1 Å². The number of benzene rings is 1. The summed E-state index contributed by atoms with van der Waals surface area (Å²) in [6.07, 6.45) is 14.5. The Morgan fingerprint density at radius 1 is 0.943 bits per heavy atom. The Balaban J connectivity index is 1.09. The van der Waals surface area contributed by atoms with Crippen molar-refractivity contribution in [2.24, 2.45) is 5.41 Å². The third-order valence-electron chi connectivity index (χ3n) is 7.99. The van der Waals surface area contributed by atoms with Crippen LogP contribution in [0.15, 0.2) is 48.4 Å². The molecular formula is C29H36N6. The quantitative estimate of drug-likeness (QED) is 0.507. The van der Waals surface area contributed by atoms with Crippen LogP contribution in [0.1, 0.15) is 56.2 Å². The summed E-state index contributed by atoms with van der Waals surface area (Å²) in [4.78, 5) is 9.50. The number of nitrogens with zero attached hydrogens (tertiary/aromatic N) is 6. The highest BCUT2D eigenvalue weighted by atomic mass is 15.4. The number of pyridine rings is 1. The van der Waals surface area contributed by atoms with E-state index in [1.54, 1.807) is 5.57 Å². The lowest BCUT2D eigenvalue weighted by molar-refractivity contribution is 0.141. The van der Waals surface area contributed by atoms with Gasteiger partial charge in [-0.15, -0.1) is 5.10 Å². The number of rotatable bonds is 6. The number of fused-ring (bicyclic) bond motifs is 1. The van der Waals surface area contributed by atoms with Crippen LogP contribution >= 0.6 is 0 Å². The lowest BCUT2D eigenvalue weighted by atomic mass is 9.82. The van der Waals surface area contributed by atoms with Gasteiger partial charge in [0.2, 0.25) is 0 Å². The Labute approximate surface area is 208 Å². The topological polar surface area (TPSA) is 50.1 Å². The van der Waals surface area contributed by atoms with Gasteiger partial charge in [0, 0.05) is 31.4 Å². The third-order valence-corrected chi connectivity index (χ3v) is 7.99. The van der Waals surface area contributed by atoms with Gasteiger partial charge in [-0.25, -0.2) is 4.68 Å². The first kappa shape index (κ1) is 22.5. The van der Waals surface area contributed by atoms with Crippen LogP contribution in [0, 0.1) is 5.41 Å². The maximum Gasteiger partial charge on any atom is 0.114 e. The maximum atomic E-state index is 4.47. The highest BCUT2D eigenvalue weighted by molar-refractivity contribution is 5.65. The Morgan fingerprint density at radius 2 is 1.77 bits per heavy atom. The van der Waals surface area contributed by atoms with Crippen LogP contribution in [0.25, 0.3) is 17.3 Å². The Kier molecular flexibility index (Phi) is 5.93. The van der Waals surface area contributed by atoms with Crippen molar-refractivity contribution in [1.29, 1.82) is 0 Å². The summed E-state index contributed by atoms with van der Waals surface area (Å²) in [5.41, 5.74) is 9.25. The van der Waals surface area contributed by atoms with Crippen molar-refractivity contribution < 1.29 is 0 Å². The number of hydrogen-bond donors (Lipinski definition) is 0. The van der Waals surface area contributed by atoms with E-state index in [4.69, 9.17) is 0 Å². The molecule has 0 spiro atoms. The van der Waals surface area contributed by atoms with Crippen LogP contribution in [0.2, 0.25) is 0 Å². The van der Waals surface area contributed by atoms with Gasteiger partial charge in [-0.3, -0.25) is 9.88 Å². The van der Waals surface area contributed by atoms with Gasteiger partial charge in [0.25, 0.3) is 0 Å². The zero-order valence-electron chi connectivity index (χ0n) is 21.1. The zero-order chi connectivity index (χ0) is 23.8. The molecule has 6 nitrogen and oxygen atoms in total. The standard InChI is InChI=1S/C29H36N6/c1-29(2)7-11-33(12-8-29)19-23-14-24-6-5-22(13-25(24)15-23)20-35-21-28(31-32-35)26-16-27(18-30-17-26)34-9-3-4-10-34/h5-6,13-14,16-18,21H,3-4,7-12,15,19-20H2,1-2H3. The molecule has 3 aliphatic rings. The molecule has 3 aromatic rings. The van der Waals surface area contributed by atoms with Gasteiger partial charge in [0.05, 0.1) is 24.6 Å². The molecule has 0 bridgehead atoms. The van der Waals surface area contributed by atoms with Crippen LogP contribution in [-0.2, 0) is 13.0 Å². The number of anilines is 1. The molecule has 6 heteroatoms. The average Bonchev–Trinajstić information content (AvgIpc) is 3.61. The number of aromatic nitrogens is 4. The molecule has 182 valence electrons. The second-order valence-electron chi connectivity index (χ2n) is 11.4. The summed E-state index contributed by atoms with van der Waals surface area (Å²) in [6, 6.07) is 9.06. The molecule has 2 aromatic heterocycles. The molecule has 1 aromatic carbocycles. The Hall–Kier alpha value is -2.99. The van der Waals surface area contributed by atoms with Gasteiger partial charge in [0.1, 0.15) is 5.69 Å². The molecule has 2 aliphatic heterocycles. The van der Waals surface area contributed by atoms with Gasteiger partial charge < -0.3 is 4.90 Å². The second-order valence-corrected chi connectivity index (χ2v) is 11.4. The van der Waals surface area contributed by atoms with E-state index in [0.29, 0.717) is 5.41 Å². The molecule has 1 aliphatic carbocycles. The lowest BCUT2D eigenvalue weighted by Crippen LogP contribution is -2.38. The minimum atomic E-state index is 0.507. The molecule has 2 fully saturated rings. The van der Waals surface area contributed by atoms with Crippen LogP contribution in [-0.4, -0.2) is 57.6 Å². The van der Waals surface area contributed by atoms with Gasteiger partial charge in [-0.05, 0) is 73.4 Å². The summed E-state index contributed by atoms with van der Waals surface area (Å²) in [7, 11) is 0. The predicted octanol–water partition coefficient (Wildman–Crippen LogP) is 5.05. The van der Waals surface area contributed by atoms with E-state index >= 15 is 0 Å². The van der Waals surface area contributed by atoms with Crippen molar-refractivity contribution in [3.8, 4) is 11.3 Å². The molecule has 0 unspecified atom stereocenters. The molecule has 0 radical (unpaired) electrons. The molecule has 0 atom stereocenters. The van der Waals surface area contributed by atoms with Crippen molar-refractivity contribution in [3.63, 3.8) is 0 Å². The van der Waals surface area contributed by atoms with Crippen molar-refractivity contribution >= 4 is 11.8 Å². The molecule has 0 saturated carbocycles. The lowest BCUT2D eigenvalue weighted by Gasteiger charge is -2.37. The highest BCUT2D eigenvalue weighted by Crippen LogP contribution is 2.32. The second kappa shape index (κ2) is 9.23. The van der Waals surface area contributed by atoms with E-state index in [2.05, 4.69) is 69.3 Å². The van der Waals surface area contributed by atoms with Crippen LogP contribution in [0.4, 0.5) is 5.69 Å². The van der Waals surface area contributed by atoms with Crippen molar-refractivity contribution in [2.45, 2.75) is 52.5 Å². The summed E-state index contributed by atoms with van der Waals surface area (Å²) < 4.78 is 1.94. The van der Waals surface area contributed by atoms with Crippen LogP contribution in [0.5, 0.6) is 0 Å². The van der Waals surface area contributed by atoms with Crippen LogP contribution in [0.3, 0.4) is 0 Å². The predicted molar refractivity (Wildman–Crippen MR) is 141 cm³/mol. The molecule has 2 saturated heterocycles. The molecule has 35 heavy (non-hydrogen) atoms. The highest BCUT2D eigenvalue weighted by Gasteiger charge is 2.26. The number of hydrogen-bond acceptors (Lipinski definition) is 5. The fourth-order valence-corrected chi connectivity index (χ4v) is 5.68. The first-order valence-electron chi connectivity index (χ1n) is 13.1. The first-order chi connectivity index (χ1) is 17.0. The summed E-state index contributed by atoms with van der Waals surface area (Å²) in [5, 5.41) is 8.87. The largest absolute Gasteiger partial charge is 0.370 e. The first-order valence-corrected chi connectivity index (χ1v) is 13.1. The molecular weight excluding hydrogens is 432 g/mol. The molecule has 0 amide bonds. The van der Waals surface area contributed by atoms with E-state index in [1.807, 2.05) is 23.3 Å². The molecule has 6 rings (SSSR count). The number of likely N-dealkylation sites (tertiary alicyclic amines) is 1. The smallest absolute Gasteiger partial charge is 0.114 e. The SMILES string of the molecule is CC1(C)CCN(CC2=Cc3ccc(Cn4cc(-c5cncc(N6CCCC6)c5)nn4)cc3C2)CC1. The fourth-order valence-electron chi connectivity index (χ4n) is 5.68. The number of piperidine rings is 1. The minimum absolute atomic E-state index is 0.507. The molecule has 0 N–H and O–H groups in total. The zero-order valence-corrected chi connectivity index (χ0v) is 21.1. The minimum Gasteiger partial charge on any atom is -0.370 e.